The van der Waals surface area contributed by atoms with Crippen LogP contribution in [-0.2, 0) is 4.79 Å². The molecule has 1 N–H and O–H groups in total. The molecule has 1 aliphatic heterocycles. The summed E-state index contributed by atoms with van der Waals surface area (Å²) >= 11 is 0. The Morgan fingerprint density at radius 3 is 1.80 bits per heavy atom. The van der Waals surface area contributed by atoms with Gasteiger partial charge < -0.3 is 10.0 Å². The van der Waals surface area contributed by atoms with E-state index in [1.54, 1.807) is 0 Å². The Morgan fingerprint density at radius 2 is 1.30 bits per heavy atom. The highest BCUT2D eigenvalue weighted by molar-refractivity contribution is 5.73. The summed E-state index contributed by atoms with van der Waals surface area (Å²) < 4.78 is 0. The van der Waals surface area contributed by atoms with Gasteiger partial charge in [0.2, 0.25) is 0 Å². The van der Waals surface area contributed by atoms with E-state index in [9.17, 15) is 9.90 Å². The molecule has 1 rings (SSSR count). The number of hydrogen-bond acceptors (Lipinski definition) is 2. The molecule has 1 atom stereocenters. The molecule has 3 heteroatoms. The standard InChI is InChI=1S/C27H53NO2/c1-6-7-8-9-10-11-12-13-14-16-19-26(2,3)22-24(23-27(4,5)25(29)30)28-20-17-15-18-21-28/h24H,6-23H2,1-5H3,(H,29,30). The fraction of sp³-hybridized carbons (Fsp3) is 0.963. The van der Waals surface area contributed by atoms with E-state index in [2.05, 4.69) is 25.7 Å². The first kappa shape index (κ1) is 27.5. The number of carboxylic acid groups (broad SMARTS) is 1. The number of aliphatic carboxylic acids is 1. The van der Waals surface area contributed by atoms with Crippen LogP contribution in [0.25, 0.3) is 0 Å². The lowest BCUT2D eigenvalue weighted by atomic mass is 9.75. The maximum absolute atomic E-state index is 11.8. The van der Waals surface area contributed by atoms with Gasteiger partial charge in [0.15, 0.2) is 0 Å². The molecule has 1 heterocycles. The van der Waals surface area contributed by atoms with E-state index in [1.807, 2.05) is 13.8 Å². The van der Waals surface area contributed by atoms with Crippen LogP contribution < -0.4 is 0 Å². The zero-order chi connectivity index (χ0) is 22.5. The molecule has 0 aromatic heterocycles. The van der Waals surface area contributed by atoms with E-state index in [0.29, 0.717) is 6.04 Å². The Bertz CT molecular complexity index is 452. The SMILES string of the molecule is CCCCCCCCCCCCC(C)(C)CC(CC(C)(C)C(=O)O)N1CCCCC1. The first-order valence-electron chi connectivity index (χ1n) is 13.2. The predicted octanol–water partition coefficient (Wildman–Crippen LogP) is 8.07. The number of nitrogens with zero attached hydrogens (tertiary/aromatic N) is 1. The van der Waals surface area contributed by atoms with E-state index >= 15 is 0 Å². The van der Waals surface area contributed by atoms with Crippen LogP contribution in [0.2, 0.25) is 0 Å². The summed E-state index contributed by atoms with van der Waals surface area (Å²) in [7, 11) is 0. The van der Waals surface area contributed by atoms with Crippen molar-refractivity contribution in [1.29, 1.82) is 0 Å². The Labute approximate surface area is 188 Å². The number of unbranched alkanes of at least 4 members (excludes halogenated alkanes) is 9. The van der Waals surface area contributed by atoms with Gasteiger partial charge in [-0.05, 0) is 64.5 Å². The van der Waals surface area contributed by atoms with Crippen LogP contribution in [0.5, 0.6) is 0 Å². The van der Waals surface area contributed by atoms with Crippen molar-refractivity contribution >= 4 is 5.97 Å². The van der Waals surface area contributed by atoms with Gasteiger partial charge in [0, 0.05) is 6.04 Å². The molecule has 0 saturated carbocycles. The first-order valence-corrected chi connectivity index (χ1v) is 13.2. The summed E-state index contributed by atoms with van der Waals surface area (Å²) in [5.41, 5.74) is -0.355. The number of likely N-dealkylation sites (tertiary alicyclic amines) is 1. The molecule has 3 nitrogen and oxygen atoms in total. The Kier molecular flexibility index (Phi) is 13.3. The van der Waals surface area contributed by atoms with E-state index in [-0.39, 0.29) is 5.41 Å². The summed E-state index contributed by atoms with van der Waals surface area (Å²) in [5.74, 6) is -0.656. The second-order valence-corrected chi connectivity index (χ2v) is 11.4. The fourth-order valence-electron chi connectivity index (χ4n) is 5.12. The van der Waals surface area contributed by atoms with Crippen molar-refractivity contribution in [3.63, 3.8) is 0 Å². The normalized spacial score (nSPS) is 17.2. The van der Waals surface area contributed by atoms with E-state index < -0.39 is 11.4 Å². The Morgan fingerprint density at radius 1 is 0.800 bits per heavy atom. The van der Waals surface area contributed by atoms with Crippen molar-refractivity contribution < 1.29 is 9.90 Å². The van der Waals surface area contributed by atoms with E-state index in [0.717, 1.165) is 25.9 Å². The third kappa shape index (κ3) is 11.7. The van der Waals surface area contributed by atoms with Gasteiger partial charge in [0.1, 0.15) is 0 Å². The molecule has 1 saturated heterocycles. The minimum Gasteiger partial charge on any atom is -0.481 e. The lowest BCUT2D eigenvalue weighted by Gasteiger charge is -2.41. The van der Waals surface area contributed by atoms with Crippen LogP contribution in [0.4, 0.5) is 0 Å². The number of carboxylic acids is 1. The van der Waals surface area contributed by atoms with Gasteiger partial charge in [-0.25, -0.2) is 0 Å². The van der Waals surface area contributed by atoms with Gasteiger partial charge >= 0.3 is 5.97 Å². The predicted molar refractivity (Wildman–Crippen MR) is 130 cm³/mol. The van der Waals surface area contributed by atoms with Crippen LogP contribution in [0, 0.1) is 10.8 Å². The summed E-state index contributed by atoms with van der Waals surface area (Å²) in [6.45, 7) is 13.2. The van der Waals surface area contributed by atoms with Crippen LogP contribution >= 0.6 is 0 Å². The van der Waals surface area contributed by atoms with Crippen molar-refractivity contribution in [2.75, 3.05) is 13.1 Å². The molecule has 1 aliphatic rings. The van der Waals surface area contributed by atoms with Crippen LogP contribution in [0.15, 0.2) is 0 Å². The highest BCUT2D eigenvalue weighted by Crippen LogP contribution is 2.36. The number of hydrogen-bond donors (Lipinski definition) is 1. The van der Waals surface area contributed by atoms with Gasteiger partial charge in [-0.3, -0.25) is 4.79 Å². The molecule has 0 aromatic carbocycles. The summed E-state index contributed by atoms with van der Waals surface area (Å²) in [5, 5.41) is 9.67. The smallest absolute Gasteiger partial charge is 0.309 e. The topological polar surface area (TPSA) is 40.5 Å². The van der Waals surface area contributed by atoms with Gasteiger partial charge in [-0.1, -0.05) is 91.4 Å². The average molecular weight is 424 g/mol. The highest BCUT2D eigenvalue weighted by Gasteiger charge is 2.36. The summed E-state index contributed by atoms with van der Waals surface area (Å²) in [6.07, 6.45) is 20.9. The molecule has 0 spiro atoms. The lowest BCUT2D eigenvalue weighted by Crippen LogP contribution is -2.45. The highest BCUT2D eigenvalue weighted by atomic mass is 16.4. The molecule has 30 heavy (non-hydrogen) atoms. The second kappa shape index (κ2) is 14.5. The maximum Gasteiger partial charge on any atom is 0.309 e. The Balaban J connectivity index is 2.38. The van der Waals surface area contributed by atoms with Gasteiger partial charge in [-0.2, -0.15) is 0 Å². The van der Waals surface area contributed by atoms with E-state index in [4.69, 9.17) is 0 Å². The molecule has 1 unspecified atom stereocenters. The minimum absolute atomic E-state index is 0.289. The van der Waals surface area contributed by atoms with Crippen molar-refractivity contribution in [3.8, 4) is 0 Å². The quantitative estimate of drug-likeness (QED) is 0.240. The van der Waals surface area contributed by atoms with Crippen molar-refractivity contribution in [3.05, 3.63) is 0 Å². The van der Waals surface area contributed by atoms with Gasteiger partial charge in [-0.15, -0.1) is 0 Å². The average Bonchev–Trinajstić information content (AvgIpc) is 2.69. The van der Waals surface area contributed by atoms with E-state index in [1.165, 1.54) is 89.9 Å². The summed E-state index contributed by atoms with van der Waals surface area (Å²) in [6, 6.07) is 0.398. The molecule has 0 aliphatic carbocycles. The van der Waals surface area contributed by atoms with Crippen LogP contribution in [0.1, 0.15) is 137 Å². The first-order chi connectivity index (χ1) is 14.2. The lowest BCUT2D eigenvalue weighted by molar-refractivity contribution is -0.148. The number of piperidine rings is 1. The zero-order valence-electron chi connectivity index (χ0n) is 21.1. The summed E-state index contributed by atoms with van der Waals surface area (Å²) in [4.78, 5) is 14.4. The monoisotopic (exact) mass is 423 g/mol. The molecule has 1 fully saturated rings. The molecular formula is C27H53NO2. The molecule has 178 valence electrons. The van der Waals surface area contributed by atoms with Crippen molar-refractivity contribution in [2.24, 2.45) is 10.8 Å². The molecular weight excluding hydrogens is 370 g/mol. The zero-order valence-corrected chi connectivity index (χ0v) is 21.1. The molecule has 0 amide bonds. The van der Waals surface area contributed by atoms with Gasteiger partial charge in [0.05, 0.1) is 5.41 Å². The number of carbonyl (C=O) groups is 1. The Hall–Kier alpha value is -0.570. The van der Waals surface area contributed by atoms with Crippen LogP contribution in [0.3, 0.4) is 0 Å². The van der Waals surface area contributed by atoms with Crippen molar-refractivity contribution in [1.82, 2.24) is 4.90 Å². The third-order valence-electron chi connectivity index (χ3n) is 7.23. The minimum atomic E-state index is -0.656. The van der Waals surface area contributed by atoms with Gasteiger partial charge in [0.25, 0.3) is 0 Å². The second-order valence-electron chi connectivity index (χ2n) is 11.4. The van der Waals surface area contributed by atoms with Crippen molar-refractivity contribution in [2.45, 2.75) is 143 Å². The molecule has 0 bridgehead atoms. The third-order valence-corrected chi connectivity index (χ3v) is 7.23. The maximum atomic E-state index is 11.8. The molecule has 0 radical (unpaired) electrons. The van der Waals surface area contributed by atoms with Crippen LogP contribution in [-0.4, -0.2) is 35.1 Å². The number of rotatable bonds is 17. The fourth-order valence-corrected chi connectivity index (χ4v) is 5.12. The largest absolute Gasteiger partial charge is 0.481 e. The molecule has 0 aromatic rings.